The van der Waals surface area contributed by atoms with Gasteiger partial charge in [0.2, 0.25) is 0 Å². The molecule has 23 heavy (non-hydrogen) atoms. The zero-order valence-corrected chi connectivity index (χ0v) is 12.5. The molecular formula is C18H17N3O2. The Labute approximate surface area is 134 Å². The van der Waals surface area contributed by atoms with E-state index in [1.54, 1.807) is 18.5 Å². The van der Waals surface area contributed by atoms with Gasteiger partial charge in [-0.15, -0.1) is 0 Å². The number of carbonyl (C=O) groups is 1. The van der Waals surface area contributed by atoms with Gasteiger partial charge in [-0.25, -0.2) is 4.98 Å². The van der Waals surface area contributed by atoms with Crippen LogP contribution in [0.3, 0.4) is 0 Å². The predicted molar refractivity (Wildman–Crippen MR) is 90.0 cm³/mol. The van der Waals surface area contributed by atoms with Crippen LogP contribution in [0, 0.1) is 5.92 Å². The minimum absolute atomic E-state index is 0.441. The highest BCUT2D eigenvalue weighted by Gasteiger charge is 2.27. The lowest BCUT2D eigenvalue weighted by atomic mass is 9.91. The fourth-order valence-electron chi connectivity index (χ4n) is 2.63. The van der Waals surface area contributed by atoms with Crippen molar-refractivity contribution < 1.29 is 9.90 Å². The van der Waals surface area contributed by atoms with Gasteiger partial charge >= 0.3 is 5.97 Å². The molecule has 3 rings (SSSR count). The molecule has 1 aliphatic rings. The van der Waals surface area contributed by atoms with Crippen molar-refractivity contribution in [3.63, 3.8) is 0 Å². The van der Waals surface area contributed by atoms with Gasteiger partial charge in [-0.2, -0.15) is 0 Å². The monoisotopic (exact) mass is 307 g/mol. The van der Waals surface area contributed by atoms with Gasteiger partial charge in [0.15, 0.2) is 0 Å². The normalized spacial score (nSPS) is 15.0. The van der Waals surface area contributed by atoms with Crippen LogP contribution in [0.25, 0.3) is 5.57 Å². The van der Waals surface area contributed by atoms with E-state index in [4.69, 9.17) is 5.73 Å². The van der Waals surface area contributed by atoms with Crippen molar-refractivity contribution in [3.8, 4) is 0 Å². The molecule has 1 atom stereocenters. The molecule has 0 fully saturated rings. The highest BCUT2D eigenvalue weighted by Crippen LogP contribution is 2.27. The van der Waals surface area contributed by atoms with Crippen molar-refractivity contribution in [2.75, 3.05) is 5.73 Å². The maximum atomic E-state index is 11.6. The Bertz CT molecular complexity index is 765. The first-order valence-electron chi connectivity index (χ1n) is 7.37. The minimum Gasteiger partial charge on any atom is -0.481 e. The number of hydrogen-bond donors (Lipinski definition) is 2. The maximum Gasteiger partial charge on any atom is 0.312 e. The lowest BCUT2D eigenvalue weighted by molar-refractivity contribution is -0.139. The van der Waals surface area contributed by atoms with E-state index in [-0.39, 0.29) is 0 Å². The number of pyridine rings is 1. The van der Waals surface area contributed by atoms with E-state index < -0.39 is 11.9 Å². The Kier molecular flexibility index (Phi) is 4.19. The first-order chi connectivity index (χ1) is 11.1. The number of hydrogen-bond acceptors (Lipinski definition) is 4. The van der Waals surface area contributed by atoms with Crippen molar-refractivity contribution >= 4 is 23.1 Å². The summed E-state index contributed by atoms with van der Waals surface area (Å²) in [5.41, 5.74) is 9.14. The number of aliphatic carboxylic acids is 1. The number of anilines is 1. The molecule has 1 unspecified atom stereocenters. The summed E-state index contributed by atoms with van der Waals surface area (Å²) in [4.78, 5) is 20.1. The molecule has 1 aromatic carbocycles. The molecule has 116 valence electrons. The van der Waals surface area contributed by atoms with Crippen molar-refractivity contribution in [1.82, 2.24) is 4.98 Å². The number of aliphatic imine (C=N–C) groups is 1. The van der Waals surface area contributed by atoms with Crippen LogP contribution in [0.1, 0.15) is 17.5 Å². The molecule has 1 aromatic heterocycles. The third-order valence-corrected chi connectivity index (χ3v) is 3.90. The van der Waals surface area contributed by atoms with E-state index in [2.05, 4.69) is 9.98 Å². The summed E-state index contributed by atoms with van der Waals surface area (Å²) < 4.78 is 0. The first kappa shape index (κ1) is 15.0. The van der Waals surface area contributed by atoms with Gasteiger partial charge in [0.25, 0.3) is 0 Å². The zero-order chi connectivity index (χ0) is 16.2. The maximum absolute atomic E-state index is 11.6. The topological polar surface area (TPSA) is 88.6 Å². The molecule has 3 N–H and O–H groups in total. The fourth-order valence-corrected chi connectivity index (χ4v) is 2.63. The fraction of sp³-hybridized carbons (Fsp3) is 0.167. The Balaban J connectivity index is 1.73. The molecule has 1 aliphatic heterocycles. The summed E-state index contributed by atoms with van der Waals surface area (Å²) in [5.74, 6) is -1.01. The summed E-state index contributed by atoms with van der Waals surface area (Å²) in [6, 6.07) is 13.2. The number of nitrogens with zero attached hydrogens (tertiary/aromatic N) is 2. The largest absolute Gasteiger partial charge is 0.481 e. The molecule has 0 spiro atoms. The van der Waals surface area contributed by atoms with Crippen LogP contribution in [0.15, 0.2) is 59.9 Å². The van der Waals surface area contributed by atoms with Crippen LogP contribution < -0.4 is 5.73 Å². The third-order valence-electron chi connectivity index (χ3n) is 3.90. The summed E-state index contributed by atoms with van der Waals surface area (Å²) in [6.07, 6.45) is 4.38. The van der Waals surface area contributed by atoms with E-state index in [9.17, 15) is 9.90 Å². The van der Waals surface area contributed by atoms with E-state index in [1.807, 2.05) is 36.4 Å². The van der Waals surface area contributed by atoms with Crippen molar-refractivity contribution in [3.05, 3.63) is 66.0 Å². The van der Waals surface area contributed by atoms with Gasteiger partial charge in [-0.1, -0.05) is 30.3 Å². The molecule has 0 saturated carbocycles. The summed E-state index contributed by atoms with van der Waals surface area (Å²) in [5, 5.41) is 9.56. The molecule has 0 saturated heterocycles. The van der Waals surface area contributed by atoms with Crippen LogP contribution >= 0.6 is 0 Å². The number of carboxylic acid groups (broad SMARTS) is 1. The second kappa shape index (κ2) is 6.44. The number of nitrogen functional groups attached to an aromatic ring is 1. The highest BCUT2D eigenvalue weighted by atomic mass is 16.4. The molecular weight excluding hydrogens is 290 g/mol. The van der Waals surface area contributed by atoms with Crippen molar-refractivity contribution in [2.45, 2.75) is 12.8 Å². The molecule has 5 heteroatoms. The van der Waals surface area contributed by atoms with E-state index in [0.717, 1.165) is 16.7 Å². The summed E-state index contributed by atoms with van der Waals surface area (Å²) in [7, 11) is 0. The van der Waals surface area contributed by atoms with Crippen molar-refractivity contribution in [1.29, 1.82) is 0 Å². The molecule has 5 nitrogen and oxygen atoms in total. The Morgan fingerprint density at radius 1 is 1.22 bits per heavy atom. The number of benzene rings is 1. The summed E-state index contributed by atoms with van der Waals surface area (Å²) >= 11 is 0. The van der Waals surface area contributed by atoms with E-state index in [0.29, 0.717) is 24.4 Å². The average molecular weight is 307 g/mol. The highest BCUT2D eigenvalue weighted by molar-refractivity contribution is 6.08. The van der Waals surface area contributed by atoms with Gasteiger partial charge in [0, 0.05) is 24.5 Å². The molecule has 0 aliphatic carbocycles. The second-order valence-corrected chi connectivity index (χ2v) is 5.50. The average Bonchev–Trinajstić information content (AvgIpc) is 3.03. The van der Waals surface area contributed by atoms with Crippen LogP contribution in [0.4, 0.5) is 5.82 Å². The number of aromatic nitrogens is 1. The number of nitrogens with two attached hydrogens (primary N) is 1. The number of carboxylic acids is 1. The van der Waals surface area contributed by atoms with E-state index in [1.165, 1.54) is 0 Å². The van der Waals surface area contributed by atoms with Gasteiger partial charge < -0.3 is 10.8 Å². The lowest BCUT2D eigenvalue weighted by Crippen LogP contribution is -2.25. The number of rotatable bonds is 5. The second-order valence-electron chi connectivity index (χ2n) is 5.50. The van der Waals surface area contributed by atoms with Gasteiger partial charge in [-0.3, -0.25) is 9.79 Å². The first-order valence-corrected chi connectivity index (χ1v) is 7.37. The van der Waals surface area contributed by atoms with Crippen LogP contribution in [-0.4, -0.2) is 21.8 Å². The van der Waals surface area contributed by atoms with Gasteiger partial charge in [0.1, 0.15) is 5.82 Å². The molecule has 2 heterocycles. The van der Waals surface area contributed by atoms with Gasteiger partial charge in [0.05, 0.1) is 5.92 Å². The van der Waals surface area contributed by atoms with E-state index >= 15 is 0 Å². The third kappa shape index (κ3) is 3.45. The molecule has 0 bridgehead atoms. The Morgan fingerprint density at radius 3 is 2.65 bits per heavy atom. The Hall–Kier alpha value is -2.95. The predicted octanol–water partition coefficient (Wildman–Crippen LogP) is 2.79. The van der Waals surface area contributed by atoms with Crippen LogP contribution in [-0.2, 0) is 11.2 Å². The molecule has 0 amide bonds. The lowest BCUT2D eigenvalue weighted by Gasteiger charge is -2.13. The summed E-state index contributed by atoms with van der Waals surface area (Å²) in [6.45, 7) is 0. The standard InChI is InChI=1S/C18H17N3O2/c19-17-7-6-13(10-21-17)14-9-16(20-11-14)15(18(22)23)8-12-4-2-1-3-5-12/h1-7,10-11,15H,8-9H2,(H2,19,21)(H,22,23). The quantitative estimate of drug-likeness (QED) is 0.889. The molecule has 0 radical (unpaired) electrons. The Morgan fingerprint density at radius 2 is 2.00 bits per heavy atom. The SMILES string of the molecule is Nc1ccc(C2=CN=C(C(Cc3ccccc3)C(=O)O)C2)cn1. The zero-order valence-electron chi connectivity index (χ0n) is 12.5. The van der Waals surface area contributed by atoms with Gasteiger partial charge in [-0.05, 0) is 35.3 Å². The number of allylic oxidation sites excluding steroid dienone is 1. The van der Waals surface area contributed by atoms with Crippen LogP contribution in [0.2, 0.25) is 0 Å². The minimum atomic E-state index is -0.849. The molecule has 2 aromatic rings. The van der Waals surface area contributed by atoms with Crippen molar-refractivity contribution in [2.24, 2.45) is 10.9 Å². The smallest absolute Gasteiger partial charge is 0.312 e. The van der Waals surface area contributed by atoms with Crippen LogP contribution in [0.5, 0.6) is 0 Å².